The minimum atomic E-state index is -0.713. The topological polar surface area (TPSA) is 94.2 Å². The molecule has 1 aromatic carbocycles. The van der Waals surface area contributed by atoms with Crippen LogP contribution in [0.4, 0.5) is 10.2 Å². The van der Waals surface area contributed by atoms with Crippen molar-refractivity contribution in [2.24, 2.45) is 0 Å². The molecule has 0 atom stereocenters. The Morgan fingerprint density at radius 1 is 1.18 bits per heavy atom. The van der Waals surface area contributed by atoms with Crippen molar-refractivity contribution in [3.8, 4) is 5.69 Å². The largest absolute Gasteiger partial charge is 0.384 e. The van der Waals surface area contributed by atoms with E-state index in [-0.39, 0.29) is 32.1 Å². The molecule has 112 valence electrons. The Hall–Kier alpha value is -2.19. The first kappa shape index (κ1) is 14.7. The zero-order chi connectivity index (χ0) is 16.2. The van der Waals surface area contributed by atoms with Crippen LogP contribution in [0.1, 0.15) is 20.7 Å². The lowest BCUT2D eigenvalue weighted by Gasteiger charge is -2.13. The summed E-state index contributed by atoms with van der Waals surface area (Å²) in [6, 6.07) is 3.32. The number of carbonyl (C=O) groups is 2. The van der Waals surface area contributed by atoms with Crippen molar-refractivity contribution in [1.29, 1.82) is 0 Å². The van der Waals surface area contributed by atoms with E-state index in [1.54, 1.807) is 0 Å². The third kappa shape index (κ3) is 2.03. The van der Waals surface area contributed by atoms with Crippen LogP contribution >= 0.6 is 27.5 Å². The molecule has 6 nitrogen and oxygen atoms in total. The van der Waals surface area contributed by atoms with E-state index in [4.69, 9.17) is 17.3 Å². The fourth-order valence-corrected chi connectivity index (χ4v) is 2.65. The summed E-state index contributed by atoms with van der Waals surface area (Å²) in [6.07, 6.45) is 0. The van der Waals surface area contributed by atoms with Gasteiger partial charge in [-0.3, -0.25) is 24.3 Å². The van der Waals surface area contributed by atoms with Crippen molar-refractivity contribution >= 4 is 45.2 Å². The van der Waals surface area contributed by atoms with Gasteiger partial charge in [-0.15, -0.1) is 0 Å². The Morgan fingerprint density at radius 3 is 2.50 bits per heavy atom. The number of carbonyl (C=O) groups excluding carboxylic acids is 2. The fraction of sp³-hybridized carbons (Fsp3) is 0. The Kier molecular flexibility index (Phi) is 3.30. The maximum absolute atomic E-state index is 13.8. The summed E-state index contributed by atoms with van der Waals surface area (Å²) in [5.41, 5.74) is 4.97. The third-order valence-corrected chi connectivity index (χ3v) is 4.51. The van der Waals surface area contributed by atoms with Gasteiger partial charge in [0.2, 0.25) is 0 Å². The quantitative estimate of drug-likeness (QED) is 0.578. The maximum Gasteiger partial charge on any atom is 0.262 e. The lowest BCUT2D eigenvalue weighted by molar-refractivity contribution is 0.0880. The second-order valence-corrected chi connectivity index (χ2v) is 5.70. The van der Waals surface area contributed by atoms with Crippen molar-refractivity contribution in [3.05, 3.63) is 55.0 Å². The van der Waals surface area contributed by atoms with E-state index in [1.165, 1.54) is 6.07 Å². The summed E-state index contributed by atoms with van der Waals surface area (Å²) >= 11 is 8.82. The van der Waals surface area contributed by atoms with Crippen LogP contribution in [-0.2, 0) is 0 Å². The molecule has 1 aliphatic rings. The molecule has 3 N–H and O–H groups in total. The van der Waals surface area contributed by atoms with Crippen LogP contribution in [0.2, 0.25) is 5.02 Å². The highest BCUT2D eigenvalue weighted by Crippen LogP contribution is 2.30. The van der Waals surface area contributed by atoms with Crippen molar-refractivity contribution in [2.75, 3.05) is 5.73 Å². The molecule has 0 unspecified atom stereocenters. The van der Waals surface area contributed by atoms with Crippen LogP contribution in [0.15, 0.2) is 27.5 Å². The molecule has 2 heterocycles. The third-order valence-electron chi connectivity index (χ3n) is 3.18. The molecule has 1 aromatic heterocycles. The van der Waals surface area contributed by atoms with Gasteiger partial charge in [0.15, 0.2) is 0 Å². The number of anilines is 1. The van der Waals surface area contributed by atoms with E-state index >= 15 is 0 Å². The molecule has 0 bridgehead atoms. The predicted molar refractivity (Wildman–Crippen MR) is 80.9 cm³/mol. The summed E-state index contributed by atoms with van der Waals surface area (Å²) in [5.74, 6) is -2.37. The molecule has 0 aliphatic carbocycles. The van der Waals surface area contributed by atoms with Crippen molar-refractivity contribution < 1.29 is 14.0 Å². The number of hydrogen-bond acceptors (Lipinski definition) is 4. The molecule has 2 amide bonds. The number of imide groups is 1. The van der Waals surface area contributed by atoms with E-state index in [0.717, 1.165) is 16.7 Å². The van der Waals surface area contributed by atoms with Gasteiger partial charge in [0.1, 0.15) is 11.6 Å². The second-order valence-electron chi connectivity index (χ2n) is 4.50. The molecule has 1 aliphatic heterocycles. The molecule has 2 aromatic rings. The highest BCUT2D eigenvalue weighted by Gasteiger charge is 2.32. The molecule has 22 heavy (non-hydrogen) atoms. The Labute approximate surface area is 135 Å². The van der Waals surface area contributed by atoms with Gasteiger partial charge in [-0.1, -0.05) is 11.6 Å². The minimum Gasteiger partial charge on any atom is -0.384 e. The first-order valence-electron chi connectivity index (χ1n) is 5.87. The number of pyridine rings is 1. The zero-order valence-electron chi connectivity index (χ0n) is 10.6. The fourth-order valence-electron chi connectivity index (χ4n) is 2.22. The van der Waals surface area contributed by atoms with E-state index < -0.39 is 23.2 Å². The number of halogens is 3. The Morgan fingerprint density at radius 2 is 1.86 bits per heavy atom. The number of nitrogens with two attached hydrogens (primary N) is 1. The Bertz CT molecular complexity index is 902. The summed E-state index contributed by atoms with van der Waals surface area (Å²) < 4.78 is 14.7. The summed E-state index contributed by atoms with van der Waals surface area (Å²) in [6.45, 7) is 0. The SMILES string of the molecule is Nc1c2c(cc(=O)n1-c1cc(F)c(Br)c(Cl)c1)C(=O)NC2=O. The van der Waals surface area contributed by atoms with Gasteiger partial charge in [-0.05, 0) is 28.1 Å². The first-order valence-corrected chi connectivity index (χ1v) is 7.04. The van der Waals surface area contributed by atoms with Gasteiger partial charge in [-0.2, -0.15) is 0 Å². The van der Waals surface area contributed by atoms with Crippen LogP contribution < -0.4 is 16.6 Å². The van der Waals surface area contributed by atoms with Crippen LogP contribution in [0.5, 0.6) is 0 Å². The van der Waals surface area contributed by atoms with Gasteiger partial charge in [0.05, 0.1) is 26.3 Å². The molecule has 9 heteroatoms. The van der Waals surface area contributed by atoms with E-state index in [0.29, 0.717) is 0 Å². The molecular weight excluding hydrogens is 381 g/mol. The highest BCUT2D eigenvalue weighted by atomic mass is 79.9. The molecule has 0 radical (unpaired) electrons. The van der Waals surface area contributed by atoms with Gasteiger partial charge in [0.25, 0.3) is 17.4 Å². The lowest BCUT2D eigenvalue weighted by Crippen LogP contribution is -2.24. The number of hydrogen-bond donors (Lipinski definition) is 2. The number of nitrogen functional groups attached to an aromatic ring is 1. The van der Waals surface area contributed by atoms with Gasteiger partial charge in [-0.25, -0.2) is 4.39 Å². The van der Waals surface area contributed by atoms with E-state index in [9.17, 15) is 18.8 Å². The van der Waals surface area contributed by atoms with Gasteiger partial charge in [0, 0.05) is 6.07 Å². The summed E-state index contributed by atoms with van der Waals surface area (Å²) in [4.78, 5) is 35.5. The second kappa shape index (κ2) is 4.92. The number of nitrogens with zero attached hydrogens (tertiary/aromatic N) is 1. The summed E-state index contributed by atoms with van der Waals surface area (Å²) in [5, 5.41) is 2.07. The number of fused-ring (bicyclic) bond motifs is 1. The van der Waals surface area contributed by atoms with Crippen molar-refractivity contribution in [1.82, 2.24) is 9.88 Å². The van der Waals surface area contributed by atoms with Crippen LogP contribution in [0.3, 0.4) is 0 Å². The van der Waals surface area contributed by atoms with Crippen LogP contribution in [-0.4, -0.2) is 16.4 Å². The number of benzene rings is 1. The summed E-state index contributed by atoms with van der Waals surface area (Å²) in [7, 11) is 0. The number of rotatable bonds is 1. The van der Waals surface area contributed by atoms with Crippen LogP contribution in [0.25, 0.3) is 5.69 Å². The average molecular weight is 387 g/mol. The number of aromatic nitrogens is 1. The zero-order valence-corrected chi connectivity index (χ0v) is 13.0. The van der Waals surface area contributed by atoms with Gasteiger partial charge < -0.3 is 5.73 Å². The predicted octanol–water partition coefficient (Wildman–Crippen LogP) is 1.86. The Balaban J connectivity index is 2.35. The van der Waals surface area contributed by atoms with Crippen LogP contribution in [0, 0.1) is 5.82 Å². The first-order chi connectivity index (χ1) is 10.3. The molecule has 0 saturated heterocycles. The van der Waals surface area contributed by atoms with E-state index in [2.05, 4.69) is 15.9 Å². The smallest absolute Gasteiger partial charge is 0.262 e. The molecule has 0 saturated carbocycles. The van der Waals surface area contributed by atoms with Crippen molar-refractivity contribution in [3.63, 3.8) is 0 Å². The number of amides is 2. The lowest BCUT2D eigenvalue weighted by atomic mass is 10.1. The average Bonchev–Trinajstić information content (AvgIpc) is 2.71. The minimum absolute atomic E-state index is 0.0299. The molecule has 3 rings (SSSR count). The molecule has 0 spiro atoms. The molecular formula is C13H6BrClFN3O3. The standard InChI is InChI=1S/C13H6BrClFN3O3/c14-10-6(15)1-4(2-7(10)16)19-8(20)3-5-9(11(19)17)13(22)18-12(5)21/h1-3H,17H2,(H,18,21,22). The normalized spacial score (nSPS) is 13.2. The highest BCUT2D eigenvalue weighted by molar-refractivity contribution is 9.10. The van der Waals surface area contributed by atoms with E-state index in [1.807, 2.05) is 5.32 Å². The van der Waals surface area contributed by atoms with Gasteiger partial charge >= 0.3 is 0 Å². The molecule has 0 fully saturated rings. The monoisotopic (exact) mass is 385 g/mol. The maximum atomic E-state index is 13.8. The number of nitrogens with one attached hydrogen (secondary N) is 1. The van der Waals surface area contributed by atoms with Crippen molar-refractivity contribution in [2.45, 2.75) is 0 Å².